The summed E-state index contributed by atoms with van der Waals surface area (Å²) in [5, 5.41) is 2.65. The van der Waals surface area contributed by atoms with Crippen LogP contribution < -0.4 is 5.32 Å². The Balaban J connectivity index is 1.83. The van der Waals surface area contributed by atoms with Gasteiger partial charge in [-0.3, -0.25) is 9.59 Å². The van der Waals surface area contributed by atoms with E-state index in [1.165, 1.54) is 18.2 Å². The zero-order valence-corrected chi connectivity index (χ0v) is 14.7. The lowest BCUT2D eigenvalue weighted by Crippen LogP contribution is -2.48. The van der Waals surface area contributed by atoms with Gasteiger partial charge in [-0.1, -0.05) is 24.3 Å². The number of amides is 2. The van der Waals surface area contributed by atoms with Crippen molar-refractivity contribution in [3.63, 3.8) is 0 Å². The summed E-state index contributed by atoms with van der Waals surface area (Å²) in [7, 11) is 0. The quantitative estimate of drug-likeness (QED) is 0.918. The average Bonchev–Trinajstić information content (AvgIpc) is 2.61. The van der Waals surface area contributed by atoms with E-state index in [9.17, 15) is 14.0 Å². The number of nitrogens with one attached hydrogen (secondary N) is 1. The number of carbonyl (C=O) groups is 2. The van der Waals surface area contributed by atoms with E-state index in [0.717, 1.165) is 0 Å². The van der Waals surface area contributed by atoms with Gasteiger partial charge < -0.3 is 15.0 Å². The van der Waals surface area contributed by atoms with E-state index in [4.69, 9.17) is 4.74 Å². The molecule has 2 aromatic rings. The third-order valence-corrected chi connectivity index (χ3v) is 4.23. The Labute approximate surface area is 151 Å². The molecule has 0 aliphatic carbocycles. The number of anilines is 1. The Morgan fingerprint density at radius 1 is 1.00 bits per heavy atom. The van der Waals surface area contributed by atoms with Gasteiger partial charge in [-0.2, -0.15) is 0 Å². The topological polar surface area (TPSA) is 58.6 Å². The number of rotatable bonds is 3. The third-order valence-electron chi connectivity index (χ3n) is 4.23. The van der Waals surface area contributed by atoms with Crippen LogP contribution in [0.25, 0.3) is 0 Å². The monoisotopic (exact) mass is 356 g/mol. The molecule has 1 fully saturated rings. The van der Waals surface area contributed by atoms with E-state index in [2.05, 4.69) is 5.32 Å². The zero-order chi connectivity index (χ0) is 18.7. The summed E-state index contributed by atoms with van der Waals surface area (Å²) in [6, 6.07) is 12.5. The second kappa shape index (κ2) is 7.66. The first kappa shape index (κ1) is 18.1. The fraction of sp³-hybridized carbons (Fsp3) is 0.300. The zero-order valence-electron chi connectivity index (χ0n) is 14.7. The molecular formula is C20H21FN2O3. The van der Waals surface area contributed by atoms with Gasteiger partial charge in [0.1, 0.15) is 5.82 Å². The molecule has 26 heavy (non-hydrogen) atoms. The van der Waals surface area contributed by atoms with Crippen molar-refractivity contribution in [2.24, 2.45) is 0 Å². The van der Waals surface area contributed by atoms with Crippen LogP contribution >= 0.6 is 0 Å². The summed E-state index contributed by atoms with van der Waals surface area (Å²) in [6.45, 7) is 4.81. The first-order valence-corrected chi connectivity index (χ1v) is 8.55. The van der Waals surface area contributed by atoms with Gasteiger partial charge in [0, 0.05) is 13.1 Å². The van der Waals surface area contributed by atoms with Crippen molar-refractivity contribution in [2.75, 3.05) is 18.4 Å². The molecule has 0 saturated carbocycles. The molecule has 1 aliphatic heterocycles. The van der Waals surface area contributed by atoms with Crippen LogP contribution in [0.5, 0.6) is 0 Å². The average molecular weight is 356 g/mol. The molecule has 2 aromatic carbocycles. The minimum absolute atomic E-state index is 0.0529. The molecule has 3 rings (SSSR count). The number of carbonyl (C=O) groups excluding carboxylic acids is 2. The lowest BCUT2D eigenvalue weighted by atomic mass is 10.1. The molecule has 1 heterocycles. The van der Waals surface area contributed by atoms with Gasteiger partial charge >= 0.3 is 0 Å². The highest BCUT2D eigenvalue weighted by Gasteiger charge is 2.28. The van der Waals surface area contributed by atoms with Crippen LogP contribution in [0.3, 0.4) is 0 Å². The summed E-state index contributed by atoms with van der Waals surface area (Å²) in [6.07, 6.45) is -0.106. The maximum Gasteiger partial charge on any atom is 0.258 e. The van der Waals surface area contributed by atoms with E-state index in [-0.39, 0.29) is 23.7 Å². The number of halogens is 1. The van der Waals surface area contributed by atoms with E-state index in [1.807, 2.05) is 13.8 Å². The van der Waals surface area contributed by atoms with Crippen molar-refractivity contribution >= 4 is 17.5 Å². The molecule has 2 amide bonds. The number of nitrogens with zero attached hydrogens (tertiary/aromatic N) is 1. The Bertz CT molecular complexity index is 814. The van der Waals surface area contributed by atoms with Gasteiger partial charge in [0.15, 0.2) is 0 Å². The number of ether oxygens (including phenoxy) is 1. The highest BCUT2D eigenvalue weighted by molar-refractivity contribution is 6.09. The SMILES string of the molecule is C[C@@H]1CN(C(=O)c2ccccc2NC(=O)c2ccccc2F)C[C@H](C)O1. The van der Waals surface area contributed by atoms with Crippen molar-refractivity contribution in [3.8, 4) is 0 Å². The maximum absolute atomic E-state index is 13.8. The fourth-order valence-corrected chi connectivity index (χ4v) is 3.13. The van der Waals surface area contributed by atoms with E-state index in [0.29, 0.717) is 24.3 Å². The molecule has 1 saturated heterocycles. The number of benzene rings is 2. The van der Waals surface area contributed by atoms with Crippen LogP contribution in [0.4, 0.5) is 10.1 Å². The van der Waals surface area contributed by atoms with Crippen LogP contribution in [-0.4, -0.2) is 42.0 Å². The third kappa shape index (κ3) is 3.91. The minimum Gasteiger partial charge on any atom is -0.372 e. The number of morpholine rings is 1. The second-order valence-electron chi connectivity index (χ2n) is 6.45. The van der Waals surface area contributed by atoms with Crippen LogP contribution in [-0.2, 0) is 4.74 Å². The highest BCUT2D eigenvalue weighted by atomic mass is 19.1. The minimum atomic E-state index is -0.607. The fourth-order valence-electron chi connectivity index (χ4n) is 3.13. The molecule has 0 radical (unpaired) electrons. The lowest BCUT2D eigenvalue weighted by Gasteiger charge is -2.35. The van der Waals surface area contributed by atoms with Crippen molar-refractivity contribution in [3.05, 3.63) is 65.5 Å². The molecule has 2 atom stereocenters. The molecule has 1 N–H and O–H groups in total. The Hall–Kier alpha value is -2.73. The van der Waals surface area contributed by atoms with Crippen molar-refractivity contribution < 1.29 is 18.7 Å². The van der Waals surface area contributed by atoms with Gasteiger partial charge in [0.25, 0.3) is 11.8 Å². The van der Waals surface area contributed by atoms with Gasteiger partial charge in [-0.05, 0) is 38.1 Å². The molecule has 0 bridgehead atoms. The first-order chi connectivity index (χ1) is 12.5. The predicted molar refractivity (Wildman–Crippen MR) is 96.7 cm³/mol. The van der Waals surface area contributed by atoms with E-state index < -0.39 is 11.7 Å². The van der Waals surface area contributed by atoms with Gasteiger partial charge in [0.05, 0.1) is 29.0 Å². The normalized spacial score (nSPS) is 19.9. The number of para-hydroxylation sites is 1. The second-order valence-corrected chi connectivity index (χ2v) is 6.45. The van der Waals surface area contributed by atoms with Crippen molar-refractivity contribution in [2.45, 2.75) is 26.1 Å². The Morgan fingerprint density at radius 2 is 1.58 bits per heavy atom. The standard InChI is InChI=1S/C20H21FN2O3/c1-13-11-23(12-14(2)26-13)20(25)16-8-4-6-10-18(16)22-19(24)15-7-3-5-9-17(15)21/h3-10,13-14H,11-12H2,1-2H3,(H,22,24)/t13-,14+. The lowest BCUT2D eigenvalue weighted by molar-refractivity contribution is -0.0585. The van der Waals surface area contributed by atoms with E-state index >= 15 is 0 Å². The molecule has 1 aliphatic rings. The molecule has 5 nitrogen and oxygen atoms in total. The first-order valence-electron chi connectivity index (χ1n) is 8.55. The van der Waals surface area contributed by atoms with Gasteiger partial charge in [-0.25, -0.2) is 4.39 Å². The summed E-state index contributed by atoms with van der Waals surface area (Å²) in [4.78, 5) is 27.1. The smallest absolute Gasteiger partial charge is 0.258 e. The van der Waals surface area contributed by atoms with Crippen molar-refractivity contribution in [1.82, 2.24) is 4.90 Å². The molecule has 0 aromatic heterocycles. The Kier molecular flexibility index (Phi) is 5.32. The Morgan fingerprint density at radius 3 is 2.23 bits per heavy atom. The summed E-state index contributed by atoms with van der Waals surface area (Å²) >= 11 is 0. The molecular weight excluding hydrogens is 335 g/mol. The largest absolute Gasteiger partial charge is 0.372 e. The van der Waals surface area contributed by atoms with Crippen LogP contribution in [0, 0.1) is 5.82 Å². The number of hydrogen-bond acceptors (Lipinski definition) is 3. The molecule has 136 valence electrons. The van der Waals surface area contributed by atoms with Crippen LogP contribution in [0.1, 0.15) is 34.6 Å². The summed E-state index contributed by atoms with van der Waals surface area (Å²) < 4.78 is 19.5. The number of hydrogen-bond donors (Lipinski definition) is 1. The van der Waals surface area contributed by atoms with Crippen molar-refractivity contribution in [1.29, 1.82) is 0 Å². The molecule has 0 unspecified atom stereocenters. The van der Waals surface area contributed by atoms with Crippen LogP contribution in [0.2, 0.25) is 0 Å². The maximum atomic E-state index is 13.8. The van der Waals surface area contributed by atoms with Gasteiger partial charge in [-0.15, -0.1) is 0 Å². The highest BCUT2D eigenvalue weighted by Crippen LogP contribution is 2.21. The van der Waals surface area contributed by atoms with Gasteiger partial charge in [0.2, 0.25) is 0 Å². The summed E-state index contributed by atoms with van der Waals surface area (Å²) in [5.74, 6) is -1.38. The van der Waals surface area contributed by atoms with Crippen LogP contribution in [0.15, 0.2) is 48.5 Å². The summed E-state index contributed by atoms with van der Waals surface area (Å²) in [5.41, 5.74) is 0.666. The predicted octanol–water partition coefficient (Wildman–Crippen LogP) is 3.33. The molecule has 6 heteroatoms. The van der Waals surface area contributed by atoms with E-state index in [1.54, 1.807) is 35.2 Å². The molecule has 0 spiro atoms.